The Labute approximate surface area is 147 Å². The molecule has 1 heterocycles. The topological polar surface area (TPSA) is 95.1 Å². The minimum Gasteiger partial charge on any atom is -0.481 e. The molecular formula is C19H25N3O3. The number of amides is 1. The highest BCUT2D eigenvalue weighted by Gasteiger charge is 2.31. The number of fused-ring (bicyclic) bond motifs is 1. The molecule has 0 saturated heterocycles. The summed E-state index contributed by atoms with van der Waals surface area (Å²) in [5.74, 6) is -0.200. The van der Waals surface area contributed by atoms with Gasteiger partial charge < -0.3 is 15.4 Å². The molecule has 1 aliphatic carbocycles. The van der Waals surface area contributed by atoms with Crippen LogP contribution >= 0.6 is 0 Å². The molecule has 3 N–H and O–H groups in total. The van der Waals surface area contributed by atoms with Crippen LogP contribution in [0.2, 0.25) is 0 Å². The molecule has 1 atom stereocenters. The van der Waals surface area contributed by atoms with E-state index in [1.807, 2.05) is 24.3 Å². The van der Waals surface area contributed by atoms with E-state index < -0.39 is 5.97 Å². The summed E-state index contributed by atoms with van der Waals surface area (Å²) in [6.45, 7) is 4.11. The quantitative estimate of drug-likeness (QED) is 0.776. The van der Waals surface area contributed by atoms with E-state index >= 15 is 0 Å². The first kappa shape index (κ1) is 17.5. The number of carboxylic acids is 1. The van der Waals surface area contributed by atoms with Crippen LogP contribution in [-0.2, 0) is 9.59 Å². The molecule has 25 heavy (non-hydrogen) atoms. The van der Waals surface area contributed by atoms with Crippen LogP contribution in [0.1, 0.15) is 51.4 Å². The normalized spacial score (nSPS) is 22.0. The zero-order chi connectivity index (χ0) is 18.0. The Balaban J connectivity index is 1.69. The molecule has 2 aromatic rings. The summed E-state index contributed by atoms with van der Waals surface area (Å²) in [6.07, 6.45) is 2.41. The van der Waals surface area contributed by atoms with Crippen molar-refractivity contribution in [2.24, 2.45) is 17.8 Å². The fraction of sp³-hybridized carbons (Fsp3) is 0.526. The van der Waals surface area contributed by atoms with E-state index in [1.54, 1.807) is 0 Å². The predicted octanol–water partition coefficient (Wildman–Crippen LogP) is 3.27. The Bertz CT molecular complexity index is 727. The molecule has 134 valence electrons. The third-order valence-corrected chi connectivity index (χ3v) is 5.11. The summed E-state index contributed by atoms with van der Waals surface area (Å²) in [7, 11) is 0. The van der Waals surface area contributed by atoms with Gasteiger partial charge in [-0.2, -0.15) is 0 Å². The van der Waals surface area contributed by atoms with Crippen LogP contribution in [0, 0.1) is 17.8 Å². The van der Waals surface area contributed by atoms with Crippen LogP contribution in [0.15, 0.2) is 24.3 Å². The number of aromatic nitrogens is 2. The Kier molecular flexibility index (Phi) is 5.06. The Morgan fingerprint density at radius 1 is 1.16 bits per heavy atom. The van der Waals surface area contributed by atoms with E-state index in [0.29, 0.717) is 25.7 Å². The summed E-state index contributed by atoms with van der Waals surface area (Å²) >= 11 is 0. The monoisotopic (exact) mass is 343 g/mol. The molecule has 6 nitrogen and oxygen atoms in total. The number of hydrogen-bond acceptors (Lipinski definition) is 3. The van der Waals surface area contributed by atoms with Gasteiger partial charge in [-0.3, -0.25) is 9.59 Å². The van der Waals surface area contributed by atoms with Gasteiger partial charge in [0.2, 0.25) is 5.91 Å². The third kappa shape index (κ3) is 3.83. The summed E-state index contributed by atoms with van der Waals surface area (Å²) < 4.78 is 0. The average molecular weight is 343 g/mol. The van der Waals surface area contributed by atoms with Gasteiger partial charge in [0.25, 0.3) is 0 Å². The van der Waals surface area contributed by atoms with E-state index in [9.17, 15) is 9.59 Å². The number of benzene rings is 1. The van der Waals surface area contributed by atoms with Gasteiger partial charge in [-0.1, -0.05) is 26.0 Å². The van der Waals surface area contributed by atoms with Crippen molar-refractivity contribution in [3.63, 3.8) is 0 Å². The highest BCUT2D eigenvalue weighted by atomic mass is 16.4. The molecule has 1 saturated carbocycles. The Morgan fingerprint density at radius 2 is 1.80 bits per heavy atom. The second-order valence-electron chi connectivity index (χ2n) is 7.26. The van der Waals surface area contributed by atoms with Crippen LogP contribution < -0.4 is 5.32 Å². The molecule has 0 bridgehead atoms. The van der Waals surface area contributed by atoms with Crippen molar-refractivity contribution >= 4 is 22.9 Å². The highest BCUT2D eigenvalue weighted by Crippen LogP contribution is 2.30. The van der Waals surface area contributed by atoms with Crippen molar-refractivity contribution in [3.8, 4) is 0 Å². The van der Waals surface area contributed by atoms with Crippen LogP contribution in [0.4, 0.5) is 0 Å². The number of H-pyrrole nitrogens is 1. The van der Waals surface area contributed by atoms with Crippen LogP contribution in [0.3, 0.4) is 0 Å². The SMILES string of the molecule is CC(C)C(NC(=O)C1CCC(C(=O)O)CC1)c1nc2ccccc2[nH]1. The lowest BCUT2D eigenvalue weighted by Crippen LogP contribution is -2.38. The lowest BCUT2D eigenvalue weighted by atomic mass is 9.81. The lowest BCUT2D eigenvalue weighted by molar-refractivity contribution is -0.144. The van der Waals surface area contributed by atoms with Gasteiger partial charge >= 0.3 is 5.97 Å². The summed E-state index contributed by atoms with van der Waals surface area (Å²) in [4.78, 5) is 31.7. The zero-order valence-corrected chi connectivity index (χ0v) is 14.7. The van der Waals surface area contributed by atoms with Crippen LogP contribution in [-0.4, -0.2) is 27.0 Å². The molecule has 1 aliphatic rings. The first-order valence-electron chi connectivity index (χ1n) is 8.93. The van der Waals surface area contributed by atoms with E-state index in [2.05, 4.69) is 29.1 Å². The van der Waals surface area contributed by atoms with Crippen molar-refractivity contribution in [1.29, 1.82) is 0 Å². The summed E-state index contributed by atoms with van der Waals surface area (Å²) in [5.41, 5.74) is 1.85. The first-order valence-corrected chi connectivity index (χ1v) is 8.93. The molecule has 3 rings (SSSR count). The Hall–Kier alpha value is -2.37. The number of hydrogen-bond donors (Lipinski definition) is 3. The van der Waals surface area contributed by atoms with Crippen molar-refractivity contribution in [3.05, 3.63) is 30.1 Å². The Morgan fingerprint density at radius 3 is 2.40 bits per heavy atom. The van der Waals surface area contributed by atoms with Gasteiger partial charge in [0.1, 0.15) is 5.82 Å². The number of aromatic amines is 1. The van der Waals surface area contributed by atoms with Crippen molar-refractivity contribution in [1.82, 2.24) is 15.3 Å². The van der Waals surface area contributed by atoms with Gasteiger partial charge in [0, 0.05) is 5.92 Å². The van der Waals surface area contributed by atoms with Gasteiger partial charge in [-0.25, -0.2) is 4.98 Å². The number of carboxylic acid groups (broad SMARTS) is 1. The standard InChI is InChI=1S/C19H25N3O3/c1-11(2)16(17-20-14-5-3-4-6-15(14)21-17)22-18(23)12-7-9-13(10-8-12)19(24)25/h3-6,11-13,16H,7-10H2,1-2H3,(H,20,21)(H,22,23)(H,24,25). The van der Waals surface area contributed by atoms with E-state index in [-0.39, 0.29) is 29.7 Å². The minimum atomic E-state index is -0.749. The van der Waals surface area contributed by atoms with E-state index in [0.717, 1.165) is 16.9 Å². The maximum absolute atomic E-state index is 12.7. The van der Waals surface area contributed by atoms with Gasteiger partial charge in [-0.15, -0.1) is 0 Å². The maximum Gasteiger partial charge on any atom is 0.306 e. The molecule has 0 spiro atoms. The predicted molar refractivity (Wildman–Crippen MR) is 94.9 cm³/mol. The fourth-order valence-corrected chi connectivity index (χ4v) is 3.54. The number of aliphatic carboxylic acids is 1. The number of carbonyl (C=O) groups is 2. The smallest absolute Gasteiger partial charge is 0.306 e. The third-order valence-electron chi connectivity index (χ3n) is 5.11. The van der Waals surface area contributed by atoms with Gasteiger partial charge in [0.15, 0.2) is 0 Å². The second-order valence-corrected chi connectivity index (χ2v) is 7.26. The highest BCUT2D eigenvalue weighted by molar-refractivity contribution is 5.80. The minimum absolute atomic E-state index is 0.00277. The number of rotatable bonds is 5. The fourth-order valence-electron chi connectivity index (χ4n) is 3.54. The van der Waals surface area contributed by atoms with Gasteiger partial charge in [-0.05, 0) is 43.7 Å². The summed E-state index contributed by atoms with van der Waals surface area (Å²) in [6, 6.07) is 7.63. The molecular weight excluding hydrogens is 318 g/mol. The van der Waals surface area contributed by atoms with E-state index in [4.69, 9.17) is 5.11 Å². The molecule has 6 heteroatoms. The number of nitrogens with one attached hydrogen (secondary N) is 2. The zero-order valence-electron chi connectivity index (χ0n) is 14.7. The lowest BCUT2D eigenvalue weighted by Gasteiger charge is -2.28. The molecule has 1 amide bonds. The first-order chi connectivity index (χ1) is 12.0. The number of carbonyl (C=O) groups excluding carboxylic acids is 1. The second kappa shape index (κ2) is 7.25. The number of nitrogens with zero attached hydrogens (tertiary/aromatic N) is 1. The number of para-hydroxylation sites is 2. The van der Waals surface area contributed by atoms with Crippen molar-refractivity contribution in [2.45, 2.75) is 45.6 Å². The molecule has 1 aromatic heterocycles. The average Bonchev–Trinajstić information content (AvgIpc) is 3.02. The van der Waals surface area contributed by atoms with E-state index in [1.165, 1.54) is 0 Å². The number of imidazole rings is 1. The van der Waals surface area contributed by atoms with Crippen LogP contribution in [0.5, 0.6) is 0 Å². The van der Waals surface area contributed by atoms with Crippen molar-refractivity contribution < 1.29 is 14.7 Å². The maximum atomic E-state index is 12.7. The van der Waals surface area contributed by atoms with Gasteiger partial charge in [0.05, 0.1) is 23.0 Å². The molecule has 0 aliphatic heterocycles. The largest absolute Gasteiger partial charge is 0.481 e. The molecule has 0 radical (unpaired) electrons. The van der Waals surface area contributed by atoms with Crippen LogP contribution in [0.25, 0.3) is 11.0 Å². The summed E-state index contributed by atoms with van der Waals surface area (Å²) in [5, 5.41) is 12.2. The molecule has 1 fully saturated rings. The molecule has 1 unspecified atom stereocenters. The molecule has 1 aromatic carbocycles. The van der Waals surface area contributed by atoms with Crippen molar-refractivity contribution in [2.75, 3.05) is 0 Å².